The number of β-amino-alcohol motifs (C(OH)–C–C–N with tert-alkyl or cyclic N) is 1. The lowest BCUT2D eigenvalue weighted by Crippen LogP contribution is -2.38. The fourth-order valence-electron chi connectivity index (χ4n) is 4.26. The van der Waals surface area contributed by atoms with Gasteiger partial charge in [-0.2, -0.15) is 0 Å². The summed E-state index contributed by atoms with van der Waals surface area (Å²) >= 11 is 6.59. The number of hydrogen-bond acceptors (Lipinski definition) is 5. The largest absolute Gasteiger partial charge is 0.508 e. The Labute approximate surface area is 177 Å². The molecule has 30 heavy (non-hydrogen) atoms. The molecular formula is C23H19ClFN3O2. The minimum Gasteiger partial charge on any atom is -0.508 e. The second-order valence-electron chi connectivity index (χ2n) is 7.60. The summed E-state index contributed by atoms with van der Waals surface area (Å²) in [6.45, 7) is 1.16. The molecule has 1 aliphatic heterocycles. The molecule has 5 nitrogen and oxygen atoms in total. The van der Waals surface area contributed by atoms with Gasteiger partial charge in [0.2, 0.25) is 0 Å². The first-order chi connectivity index (χ1) is 14.5. The molecule has 2 heterocycles. The Balaban J connectivity index is 1.75. The summed E-state index contributed by atoms with van der Waals surface area (Å²) in [6, 6.07) is 12.3. The van der Waals surface area contributed by atoms with Crippen molar-refractivity contribution >= 4 is 39.1 Å². The summed E-state index contributed by atoms with van der Waals surface area (Å²) < 4.78 is 15.8. The van der Waals surface area contributed by atoms with Gasteiger partial charge in [0.15, 0.2) is 5.82 Å². The zero-order chi connectivity index (χ0) is 20.8. The number of aliphatic hydroxyl groups is 1. The van der Waals surface area contributed by atoms with E-state index in [1.54, 1.807) is 12.1 Å². The van der Waals surface area contributed by atoms with E-state index in [1.807, 2.05) is 29.2 Å². The maximum absolute atomic E-state index is 15.8. The van der Waals surface area contributed by atoms with Crippen LogP contribution in [0.25, 0.3) is 32.8 Å². The van der Waals surface area contributed by atoms with E-state index in [9.17, 15) is 10.2 Å². The summed E-state index contributed by atoms with van der Waals surface area (Å²) in [5.41, 5.74) is 0.857. The average molecular weight is 424 g/mol. The highest BCUT2D eigenvalue weighted by Gasteiger charge is 2.24. The van der Waals surface area contributed by atoms with Gasteiger partial charge >= 0.3 is 0 Å². The summed E-state index contributed by atoms with van der Waals surface area (Å²) in [5.74, 6) is 0.0336. The van der Waals surface area contributed by atoms with Crippen molar-refractivity contribution in [3.05, 3.63) is 59.6 Å². The van der Waals surface area contributed by atoms with E-state index in [2.05, 4.69) is 9.97 Å². The lowest BCUT2D eigenvalue weighted by atomic mass is 9.96. The van der Waals surface area contributed by atoms with Crippen molar-refractivity contribution in [2.75, 3.05) is 18.0 Å². The fraction of sp³-hybridized carbons (Fsp3) is 0.217. The molecule has 1 atom stereocenters. The maximum Gasteiger partial charge on any atom is 0.158 e. The number of aliphatic hydroxyl groups excluding tert-OH is 1. The summed E-state index contributed by atoms with van der Waals surface area (Å²) in [6.07, 6.45) is 2.46. The number of hydrogen-bond donors (Lipinski definition) is 2. The molecule has 1 unspecified atom stereocenters. The molecule has 0 spiro atoms. The molecule has 1 aliphatic rings. The molecule has 2 N–H and O–H groups in total. The van der Waals surface area contributed by atoms with Gasteiger partial charge < -0.3 is 15.1 Å². The van der Waals surface area contributed by atoms with Crippen molar-refractivity contribution < 1.29 is 14.6 Å². The van der Waals surface area contributed by atoms with Crippen molar-refractivity contribution in [3.63, 3.8) is 0 Å². The van der Waals surface area contributed by atoms with Crippen LogP contribution < -0.4 is 4.90 Å². The van der Waals surface area contributed by atoms with Crippen LogP contribution in [0.5, 0.6) is 5.75 Å². The number of piperidine rings is 1. The van der Waals surface area contributed by atoms with Gasteiger partial charge in [-0.05, 0) is 47.4 Å². The number of benzene rings is 3. The van der Waals surface area contributed by atoms with Crippen LogP contribution >= 0.6 is 11.6 Å². The Morgan fingerprint density at radius 1 is 1.10 bits per heavy atom. The number of anilines is 1. The fourth-order valence-corrected chi connectivity index (χ4v) is 4.56. The van der Waals surface area contributed by atoms with E-state index in [1.165, 1.54) is 12.4 Å². The first kappa shape index (κ1) is 19.0. The first-order valence-electron chi connectivity index (χ1n) is 9.81. The number of aromatic hydroxyl groups is 1. The molecule has 0 radical (unpaired) electrons. The van der Waals surface area contributed by atoms with Gasteiger partial charge in [0.1, 0.15) is 23.4 Å². The van der Waals surface area contributed by atoms with E-state index in [0.29, 0.717) is 23.3 Å². The quantitative estimate of drug-likeness (QED) is 0.479. The molecule has 0 aliphatic carbocycles. The number of fused-ring (bicyclic) bond motifs is 2. The molecule has 0 amide bonds. The molecule has 152 valence electrons. The van der Waals surface area contributed by atoms with Gasteiger partial charge in [0.25, 0.3) is 0 Å². The SMILES string of the molecule is Oc1cc(-c2c(Cl)cc3c(N4CCCC(O)C4)ncnc3c2F)c2ccccc2c1. The van der Waals surface area contributed by atoms with E-state index in [-0.39, 0.29) is 21.9 Å². The van der Waals surface area contributed by atoms with E-state index < -0.39 is 11.9 Å². The zero-order valence-electron chi connectivity index (χ0n) is 16.0. The highest BCUT2D eigenvalue weighted by molar-refractivity contribution is 6.35. The van der Waals surface area contributed by atoms with Crippen molar-refractivity contribution in [3.8, 4) is 16.9 Å². The van der Waals surface area contributed by atoms with Crippen LogP contribution in [0.15, 0.2) is 48.8 Å². The molecule has 7 heteroatoms. The summed E-state index contributed by atoms with van der Waals surface area (Å²) in [7, 11) is 0. The molecule has 1 saturated heterocycles. The van der Waals surface area contributed by atoms with Gasteiger partial charge in [0, 0.05) is 24.0 Å². The normalized spacial score (nSPS) is 17.0. The number of phenolic OH excluding ortho intramolecular Hbond substituents is 1. The number of halogens is 2. The molecule has 4 aromatic rings. The molecule has 3 aromatic carbocycles. The Bertz CT molecular complexity index is 1280. The van der Waals surface area contributed by atoms with E-state index >= 15 is 4.39 Å². The van der Waals surface area contributed by atoms with Crippen molar-refractivity contribution in [2.24, 2.45) is 0 Å². The summed E-state index contributed by atoms with van der Waals surface area (Å²) in [4.78, 5) is 10.5. The van der Waals surface area contributed by atoms with Crippen LogP contribution in [0.2, 0.25) is 5.02 Å². The van der Waals surface area contributed by atoms with E-state index in [4.69, 9.17) is 11.6 Å². The second-order valence-corrected chi connectivity index (χ2v) is 8.00. The standard InChI is InChI=1S/C23H19ClFN3O2/c24-19-10-18-22(26-12-27-23(18)28-7-3-5-14(29)11-28)21(25)20(19)17-9-15(30)8-13-4-1-2-6-16(13)17/h1-2,4,6,8-10,12,14,29-30H,3,5,7,11H2. The van der Waals surface area contributed by atoms with Crippen LogP contribution in [-0.2, 0) is 0 Å². The van der Waals surface area contributed by atoms with Crippen molar-refractivity contribution in [2.45, 2.75) is 18.9 Å². The second kappa shape index (κ2) is 7.38. The van der Waals surface area contributed by atoms with Gasteiger partial charge in [0.05, 0.1) is 11.1 Å². The predicted molar refractivity (Wildman–Crippen MR) is 117 cm³/mol. The predicted octanol–water partition coefficient (Wildman–Crippen LogP) is 4.91. The Kier molecular flexibility index (Phi) is 4.68. The zero-order valence-corrected chi connectivity index (χ0v) is 16.8. The van der Waals surface area contributed by atoms with Crippen LogP contribution in [-0.4, -0.2) is 39.4 Å². The highest BCUT2D eigenvalue weighted by atomic mass is 35.5. The van der Waals surface area contributed by atoms with Crippen LogP contribution in [0.3, 0.4) is 0 Å². The third-order valence-corrected chi connectivity index (χ3v) is 5.91. The number of rotatable bonds is 2. The van der Waals surface area contributed by atoms with Crippen LogP contribution in [0.1, 0.15) is 12.8 Å². The molecule has 1 fully saturated rings. The summed E-state index contributed by atoms with van der Waals surface area (Å²) in [5, 5.41) is 22.5. The van der Waals surface area contributed by atoms with Crippen molar-refractivity contribution in [1.82, 2.24) is 9.97 Å². The number of nitrogens with zero attached hydrogens (tertiary/aromatic N) is 3. The molecule has 5 rings (SSSR count). The van der Waals surface area contributed by atoms with Gasteiger partial charge in [-0.25, -0.2) is 14.4 Å². The molecule has 0 saturated carbocycles. The first-order valence-corrected chi connectivity index (χ1v) is 10.2. The van der Waals surface area contributed by atoms with Crippen molar-refractivity contribution in [1.29, 1.82) is 0 Å². The average Bonchev–Trinajstić information content (AvgIpc) is 2.73. The minimum atomic E-state index is -0.561. The monoisotopic (exact) mass is 423 g/mol. The minimum absolute atomic E-state index is 0.0324. The molecular weight excluding hydrogens is 405 g/mol. The van der Waals surface area contributed by atoms with Gasteiger partial charge in [-0.1, -0.05) is 35.9 Å². The molecule has 0 bridgehead atoms. The third kappa shape index (κ3) is 3.13. The molecule has 1 aromatic heterocycles. The van der Waals surface area contributed by atoms with Gasteiger partial charge in [-0.3, -0.25) is 0 Å². The Morgan fingerprint density at radius 3 is 2.77 bits per heavy atom. The smallest absolute Gasteiger partial charge is 0.158 e. The Morgan fingerprint density at radius 2 is 1.93 bits per heavy atom. The van der Waals surface area contributed by atoms with E-state index in [0.717, 1.165) is 30.2 Å². The Hall–Kier alpha value is -2.96. The van der Waals surface area contributed by atoms with Crippen LogP contribution in [0, 0.1) is 5.82 Å². The maximum atomic E-state index is 15.8. The topological polar surface area (TPSA) is 69.5 Å². The number of aromatic nitrogens is 2. The third-order valence-electron chi connectivity index (χ3n) is 5.61. The highest BCUT2D eigenvalue weighted by Crippen LogP contribution is 2.41. The van der Waals surface area contributed by atoms with Gasteiger partial charge in [-0.15, -0.1) is 0 Å². The lowest BCUT2D eigenvalue weighted by molar-refractivity contribution is 0.154. The lowest BCUT2D eigenvalue weighted by Gasteiger charge is -2.31. The number of phenols is 1. The van der Waals surface area contributed by atoms with Crippen LogP contribution in [0.4, 0.5) is 10.2 Å².